The Morgan fingerprint density at radius 1 is 1.31 bits per heavy atom. The largest absolute Gasteiger partial charge is 0.758 e. The number of benzene rings is 1. The number of hydroxylamine groups is 2. The molecule has 0 saturated heterocycles. The van der Waals surface area contributed by atoms with Gasteiger partial charge in [-0.2, -0.15) is 0 Å². The van der Waals surface area contributed by atoms with Crippen LogP contribution < -0.4 is 0 Å². The summed E-state index contributed by atoms with van der Waals surface area (Å²) in [5.74, 6) is -1.84. The standard InChI is InChI=1S/C9H6F2NO/c10-8-2-1-6-3-4-12(13)5-7(6)9(8)11/h1-4H,5H2/q-1. The summed E-state index contributed by atoms with van der Waals surface area (Å²) in [5, 5.41) is 11.4. The molecule has 0 radical (unpaired) electrons. The lowest BCUT2D eigenvalue weighted by Gasteiger charge is -2.30. The monoisotopic (exact) mass is 182 g/mol. The van der Waals surface area contributed by atoms with Crippen molar-refractivity contribution in [3.8, 4) is 0 Å². The average Bonchev–Trinajstić information content (AvgIpc) is 2.12. The van der Waals surface area contributed by atoms with E-state index >= 15 is 0 Å². The molecule has 0 bridgehead atoms. The van der Waals surface area contributed by atoms with Crippen molar-refractivity contribution in [1.82, 2.24) is 5.06 Å². The minimum absolute atomic E-state index is 0.123. The summed E-state index contributed by atoms with van der Waals surface area (Å²) in [6, 6.07) is 2.51. The third kappa shape index (κ3) is 1.29. The van der Waals surface area contributed by atoms with Crippen molar-refractivity contribution in [3.63, 3.8) is 0 Å². The van der Waals surface area contributed by atoms with Gasteiger partial charge in [-0.15, -0.1) is 0 Å². The number of halogens is 2. The fourth-order valence-corrected chi connectivity index (χ4v) is 1.30. The molecule has 2 nitrogen and oxygen atoms in total. The summed E-state index contributed by atoms with van der Waals surface area (Å²) in [4.78, 5) is 0. The maximum absolute atomic E-state index is 13.1. The molecule has 0 atom stereocenters. The van der Waals surface area contributed by atoms with E-state index in [9.17, 15) is 14.0 Å². The molecule has 1 aliphatic heterocycles. The van der Waals surface area contributed by atoms with Gasteiger partial charge < -0.3 is 10.3 Å². The van der Waals surface area contributed by atoms with Gasteiger partial charge in [0, 0.05) is 12.1 Å². The highest BCUT2D eigenvalue weighted by molar-refractivity contribution is 5.56. The van der Waals surface area contributed by atoms with E-state index in [1.54, 1.807) is 0 Å². The predicted octanol–water partition coefficient (Wildman–Crippen LogP) is 2.25. The Morgan fingerprint density at radius 2 is 2.08 bits per heavy atom. The Hall–Kier alpha value is -1.42. The number of hydrogen-bond acceptors (Lipinski definition) is 2. The van der Waals surface area contributed by atoms with E-state index in [-0.39, 0.29) is 12.1 Å². The first-order valence-corrected chi connectivity index (χ1v) is 3.77. The summed E-state index contributed by atoms with van der Waals surface area (Å²) >= 11 is 0. The number of rotatable bonds is 0. The topological polar surface area (TPSA) is 26.3 Å². The summed E-state index contributed by atoms with van der Waals surface area (Å²) in [5.41, 5.74) is 0.684. The molecule has 0 amide bonds. The third-order valence-electron chi connectivity index (χ3n) is 1.97. The number of nitrogens with zero attached hydrogens (tertiary/aromatic N) is 1. The minimum atomic E-state index is -0.928. The zero-order valence-corrected chi connectivity index (χ0v) is 6.63. The van der Waals surface area contributed by atoms with Crippen LogP contribution in [-0.2, 0) is 6.54 Å². The van der Waals surface area contributed by atoms with Gasteiger partial charge >= 0.3 is 0 Å². The normalized spacial score (nSPS) is 14.5. The molecule has 1 aromatic rings. The first-order valence-electron chi connectivity index (χ1n) is 3.77. The van der Waals surface area contributed by atoms with Crippen LogP contribution in [0.1, 0.15) is 11.1 Å². The van der Waals surface area contributed by atoms with Crippen LogP contribution in [-0.4, -0.2) is 5.06 Å². The minimum Gasteiger partial charge on any atom is -0.758 e. The first kappa shape index (κ1) is 8.19. The van der Waals surface area contributed by atoms with Gasteiger partial charge in [-0.1, -0.05) is 6.07 Å². The Balaban J connectivity index is 2.57. The van der Waals surface area contributed by atoms with Crippen molar-refractivity contribution in [2.45, 2.75) is 6.54 Å². The van der Waals surface area contributed by atoms with Crippen molar-refractivity contribution in [2.24, 2.45) is 0 Å². The van der Waals surface area contributed by atoms with Gasteiger partial charge in [0.05, 0.1) is 0 Å². The molecule has 1 heterocycles. The van der Waals surface area contributed by atoms with Crippen LogP contribution in [0.5, 0.6) is 0 Å². The van der Waals surface area contributed by atoms with Crippen molar-refractivity contribution >= 4 is 6.08 Å². The lowest BCUT2D eigenvalue weighted by atomic mass is 10.0. The Labute approximate surface area is 73.7 Å². The molecular weight excluding hydrogens is 176 g/mol. The first-order chi connectivity index (χ1) is 6.18. The smallest absolute Gasteiger partial charge is 0.164 e. The Kier molecular flexibility index (Phi) is 1.77. The van der Waals surface area contributed by atoms with Crippen LogP contribution in [0.3, 0.4) is 0 Å². The van der Waals surface area contributed by atoms with Gasteiger partial charge in [-0.05, 0) is 23.9 Å². The molecule has 68 valence electrons. The molecule has 1 aliphatic rings. The second-order valence-electron chi connectivity index (χ2n) is 2.82. The second-order valence-corrected chi connectivity index (χ2v) is 2.82. The van der Waals surface area contributed by atoms with Gasteiger partial charge in [-0.25, -0.2) is 8.78 Å². The highest BCUT2D eigenvalue weighted by atomic mass is 19.2. The second kappa shape index (κ2) is 2.81. The Morgan fingerprint density at radius 3 is 2.85 bits per heavy atom. The van der Waals surface area contributed by atoms with Gasteiger partial charge in [0.15, 0.2) is 11.6 Å². The molecule has 0 aliphatic carbocycles. The third-order valence-corrected chi connectivity index (χ3v) is 1.97. The molecule has 0 spiro atoms. The van der Waals surface area contributed by atoms with Crippen LogP contribution in [0.15, 0.2) is 18.3 Å². The molecule has 0 aromatic heterocycles. The van der Waals surface area contributed by atoms with Crippen molar-refractivity contribution in [2.75, 3.05) is 0 Å². The van der Waals surface area contributed by atoms with E-state index in [4.69, 9.17) is 0 Å². The molecule has 0 fully saturated rings. The summed E-state index contributed by atoms with van der Waals surface area (Å²) in [6.07, 6.45) is 2.76. The van der Waals surface area contributed by atoms with Crippen molar-refractivity contribution < 1.29 is 8.78 Å². The molecule has 1 aromatic carbocycles. The van der Waals surface area contributed by atoms with Gasteiger partial charge in [0.2, 0.25) is 0 Å². The van der Waals surface area contributed by atoms with Gasteiger partial charge in [-0.3, -0.25) is 0 Å². The molecule has 4 heteroatoms. The van der Waals surface area contributed by atoms with Crippen LogP contribution in [0, 0.1) is 16.8 Å². The number of fused-ring (bicyclic) bond motifs is 1. The molecule has 0 saturated carbocycles. The summed E-state index contributed by atoms with van der Waals surface area (Å²) in [7, 11) is 0. The van der Waals surface area contributed by atoms with Crippen LogP contribution in [0.25, 0.3) is 6.08 Å². The fraction of sp³-hybridized carbons (Fsp3) is 0.111. The maximum atomic E-state index is 13.1. The average molecular weight is 182 g/mol. The molecular formula is C9H6F2NO-. The SMILES string of the molecule is [O-]N1C=Cc2ccc(F)c(F)c2C1. The fourth-order valence-electron chi connectivity index (χ4n) is 1.30. The van der Waals surface area contributed by atoms with Crippen LogP contribution in [0.4, 0.5) is 8.78 Å². The van der Waals surface area contributed by atoms with Gasteiger partial charge in [0.1, 0.15) is 0 Å². The molecule has 0 unspecified atom stereocenters. The maximum Gasteiger partial charge on any atom is 0.164 e. The van der Waals surface area contributed by atoms with Crippen molar-refractivity contribution in [1.29, 1.82) is 0 Å². The van der Waals surface area contributed by atoms with E-state index in [2.05, 4.69) is 0 Å². The summed E-state index contributed by atoms with van der Waals surface area (Å²) < 4.78 is 25.8. The quantitative estimate of drug-likeness (QED) is 0.615. The molecule has 2 rings (SSSR count). The lowest BCUT2D eigenvalue weighted by molar-refractivity contribution is 0.450. The number of hydrogen-bond donors (Lipinski definition) is 0. The van der Waals surface area contributed by atoms with E-state index in [0.717, 1.165) is 6.07 Å². The van der Waals surface area contributed by atoms with Crippen LogP contribution >= 0.6 is 0 Å². The van der Waals surface area contributed by atoms with E-state index in [1.165, 1.54) is 18.3 Å². The zero-order valence-electron chi connectivity index (χ0n) is 6.63. The van der Waals surface area contributed by atoms with E-state index in [1.807, 2.05) is 0 Å². The lowest BCUT2D eigenvalue weighted by Crippen LogP contribution is -2.14. The van der Waals surface area contributed by atoms with Crippen LogP contribution in [0.2, 0.25) is 0 Å². The van der Waals surface area contributed by atoms with E-state index < -0.39 is 11.6 Å². The molecule has 0 N–H and O–H groups in total. The van der Waals surface area contributed by atoms with Gasteiger partial charge in [0.25, 0.3) is 0 Å². The van der Waals surface area contributed by atoms with Crippen molar-refractivity contribution in [3.05, 3.63) is 46.3 Å². The zero-order chi connectivity index (χ0) is 9.42. The molecule has 13 heavy (non-hydrogen) atoms. The highest BCUT2D eigenvalue weighted by Gasteiger charge is 2.14. The van der Waals surface area contributed by atoms with E-state index in [0.29, 0.717) is 10.6 Å². The Bertz CT molecular complexity index is 376. The highest BCUT2D eigenvalue weighted by Crippen LogP contribution is 2.23. The predicted molar refractivity (Wildman–Crippen MR) is 44.3 cm³/mol. The summed E-state index contributed by atoms with van der Waals surface area (Å²) in [6.45, 7) is -0.130.